The Bertz CT molecular complexity index is 690. The second kappa shape index (κ2) is 5.54. The van der Waals surface area contributed by atoms with E-state index in [1.54, 1.807) is 11.3 Å². The summed E-state index contributed by atoms with van der Waals surface area (Å²) in [6.07, 6.45) is 2.14. The summed E-state index contributed by atoms with van der Waals surface area (Å²) in [5.74, 6) is 0. The minimum absolute atomic E-state index is 0.241. The maximum atomic E-state index is 5.76. The van der Waals surface area contributed by atoms with Gasteiger partial charge in [0.05, 0.1) is 6.04 Å². The van der Waals surface area contributed by atoms with Gasteiger partial charge in [0, 0.05) is 10.6 Å². The molecular formula is C15H17N3OS. The van der Waals surface area contributed by atoms with Gasteiger partial charge in [-0.25, -0.2) is 0 Å². The fourth-order valence-electron chi connectivity index (χ4n) is 2.22. The summed E-state index contributed by atoms with van der Waals surface area (Å²) >= 11 is 1.75. The Hall–Kier alpha value is -2.01. The van der Waals surface area contributed by atoms with Crippen molar-refractivity contribution in [1.82, 2.24) is 4.98 Å². The maximum absolute atomic E-state index is 5.76. The fourth-order valence-corrected chi connectivity index (χ4v) is 3.03. The number of nitrogen functional groups attached to an aromatic ring is 1. The summed E-state index contributed by atoms with van der Waals surface area (Å²) < 4.78 is 5.72. The van der Waals surface area contributed by atoms with Gasteiger partial charge in [-0.05, 0) is 36.1 Å². The number of anilines is 2. The van der Waals surface area contributed by atoms with E-state index in [0.29, 0.717) is 11.7 Å². The van der Waals surface area contributed by atoms with Crippen LogP contribution in [-0.4, -0.2) is 4.98 Å². The predicted molar refractivity (Wildman–Crippen MR) is 84.0 cm³/mol. The zero-order chi connectivity index (χ0) is 13.9. The van der Waals surface area contributed by atoms with Gasteiger partial charge in [0.2, 0.25) is 0 Å². The quantitative estimate of drug-likeness (QED) is 0.682. The van der Waals surface area contributed by atoms with Gasteiger partial charge >= 0.3 is 0 Å². The van der Waals surface area contributed by atoms with Crippen LogP contribution >= 0.6 is 11.3 Å². The summed E-state index contributed by atoms with van der Waals surface area (Å²) in [7, 11) is 0. The summed E-state index contributed by atoms with van der Waals surface area (Å²) in [5, 5.41) is 5.47. The van der Waals surface area contributed by atoms with Crippen LogP contribution in [-0.2, 0) is 0 Å². The summed E-state index contributed by atoms with van der Waals surface area (Å²) in [6, 6.07) is 10.5. The average molecular weight is 287 g/mol. The molecule has 3 aromatic rings. The number of nitrogens with zero attached hydrogens (tertiary/aromatic N) is 1. The normalized spacial score (nSPS) is 12.7. The molecule has 0 saturated heterocycles. The first kappa shape index (κ1) is 13.0. The highest BCUT2D eigenvalue weighted by Crippen LogP contribution is 2.29. The lowest BCUT2D eigenvalue weighted by Gasteiger charge is -2.14. The van der Waals surface area contributed by atoms with E-state index in [4.69, 9.17) is 10.2 Å². The monoisotopic (exact) mass is 287 g/mol. The Morgan fingerprint density at radius 2 is 2.30 bits per heavy atom. The predicted octanol–water partition coefficient (Wildman–Crippen LogP) is 4.42. The van der Waals surface area contributed by atoms with Crippen molar-refractivity contribution < 1.29 is 4.42 Å². The summed E-state index contributed by atoms with van der Waals surface area (Å²) in [5.41, 5.74) is 7.99. The molecule has 5 heteroatoms. The van der Waals surface area contributed by atoms with Crippen LogP contribution in [0.5, 0.6) is 0 Å². The second-order valence-electron chi connectivity index (χ2n) is 4.75. The van der Waals surface area contributed by atoms with Crippen molar-refractivity contribution in [3.63, 3.8) is 0 Å². The Labute approximate surface area is 121 Å². The molecule has 3 rings (SSSR count). The molecule has 0 bridgehead atoms. The number of oxazole rings is 1. The van der Waals surface area contributed by atoms with E-state index in [1.807, 2.05) is 18.2 Å². The molecular weight excluding hydrogens is 270 g/mol. The molecule has 1 atom stereocenters. The van der Waals surface area contributed by atoms with Gasteiger partial charge in [-0.1, -0.05) is 19.4 Å². The Kier molecular flexibility index (Phi) is 3.60. The summed E-state index contributed by atoms with van der Waals surface area (Å²) in [4.78, 5) is 5.75. The third kappa shape index (κ3) is 2.63. The zero-order valence-electron chi connectivity index (χ0n) is 11.3. The fraction of sp³-hybridized carbons (Fsp3) is 0.267. The number of nitrogens with one attached hydrogen (secondary N) is 1. The smallest absolute Gasteiger partial charge is 0.296 e. The van der Waals surface area contributed by atoms with Crippen molar-refractivity contribution >= 4 is 34.1 Å². The molecule has 0 aliphatic rings. The average Bonchev–Trinajstić information content (AvgIpc) is 3.06. The standard InChI is InChI=1S/C15H17N3OS/c1-2-4-11(14-5-3-8-20-14)17-15-18-12-9-10(16)6-7-13(12)19-15/h3,5-9,11H,2,4,16H2,1H3,(H,17,18). The van der Waals surface area contributed by atoms with E-state index in [0.717, 1.165) is 23.9 Å². The molecule has 1 unspecified atom stereocenters. The SMILES string of the molecule is CCCC(Nc1nc2cc(N)ccc2o1)c1cccs1. The van der Waals surface area contributed by atoms with Gasteiger partial charge in [0.25, 0.3) is 6.01 Å². The van der Waals surface area contributed by atoms with Gasteiger partial charge in [-0.3, -0.25) is 0 Å². The Morgan fingerprint density at radius 3 is 3.05 bits per heavy atom. The Balaban J connectivity index is 1.86. The highest BCUT2D eigenvalue weighted by atomic mass is 32.1. The lowest BCUT2D eigenvalue weighted by molar-refractivity contribution is 0.585. The van der Waals surface area contributed by atoms with E-state index >= 15 is 0 Å². The van der Waals surface area contributed by atoms with Crippen LogP contribution in [0.25, 0.3) is 11.1 Å². The molecule has 3 N–H and O–H groups in total. The van der Waals surface area contributed by atoms with E-state index in [2.05, 4.69) is 34.7 Å². The number of nitrogens with two attached hydrogens (primary N) is 1. The van der Waals surface area contributed by atoms with E-state index in [9.17, 15) is 0 Å². The molecule has 0 aliphatic carbocycles. The lowest BCUT2D eigenvalue weighted by atomic mass is 10.1. The lowest BCUT2D eigenvalue weighted by Crippen LogP contribution is -2.09. The van der Waals surface area contributed by atoms with E-state index in [-0.39, 0.29) is 6.04 Å². The first-order valence-corrected chi connectivity index (χ1v) is 7.60. The molecule has 20 heavy (non-hydrogen) atoms. The third-order valence-electron chi connectivity index (χ3n) is 3.17. The van der Waals surface area contributed by atoms with Crippen LogP contribution in [0, 0.1) is 0 Å². The third-order valence-corrected chi connectivity index (χ3v) is 4.16. The van der Waals surface area contributed by atoms with Crippen molar-refractivity contribution in [3.05, 3.63) is 40.6 Å². The topological polar surface area (TPSA) is 64.1 Å². The molecule has 0 saturated carbocycles. The molecule has 0 aliphatic heterocycles. The second-order valence-corrected chi connectivity index (χ2v) is 5.73. The molecule has 2 heterocycles. The van der Waals surface area contributed by atoms with Crippen LogP contribution < -0.4 is 11.1 Å². The van der Waals surface area contributed by atoms with Crippen molar-refractivity contribution in [2.24, 2.45) is 0 Å². The van der Waals surface area contributed by atoms with Gasteiger partial charge < -0.3 is 15.5 Å². The zero-order valence-corrected chi connectivity index (χ0v) is 12.1. The minimum Gasteiger partial charge on any atom is -0.424 e. The first-order chi connectivity index (χ1) is 9.76. The van der Waals surface area contributed by atoms with Crippen molar-refractivity contribution in [1.29, 1.82) is 0 Å². The van der Waals surface area contributed by atoms with E-state index < -0.39 is 0 Å². The van der Waals surface area contributed by atoms with Gasteiger partial charge in [-0.15, -0.1) is 11.3 Å². The first-order valence-electron chi connectivity index (χ1n) is 6.72. The van der Waals surface area contributed by atoms with Crippen LogP contribution in [0.15, 0.2) is 40.1 Å². The number of fused-ring (bicyclic) bond motifs is 1. The van der Waals surface area contributed by atoms with Crippen LogP contribution in [0.1, 0.15) is 30.7 Å². The van der Waals surface area contributed by atoms with E-state index in [1.165, 1.54) is 4.88 Å². The van der Waals surface area contributed by atoms with Crippen molar-refractivity contribution in [2.75, 3.05) is 11.1 Å². The van der Waals surface area contributed by atoms with Crippen LogP contribution in [0.4, 0.5) is 11.7 Å². The molecule has 104 valence electrons. The van der Waals surface area contributed by atoms with Gasteiger partial charge in [-0.2, -0.15) is 4.98 Å². The molecule has 0 radical (unpaired) electrons. The largest absolute Gasteiger partial charge is 0.424 e. The number of aromatic nitrogens is 1. The Morgan fingerprint density at radius 1 is 1.40 bits per heavy atom. The molecule has 4 nitrogen and oxygen atoms in total. The highest BCUT2D eigenvalue weighted by molar-refractivity contribution is 7.10. The molecule has 2 aromatic heterocycles. The molecule has 0 spiro atoms. The van der Waals surface area contributed by atoms with Gasteiger partial charge in [0.1, 0.15) is 5.52 Å². The maximum Gasteiger partial charge on any atom is 0.296 e. The number of benzene rings is 1. The molecule has 0 amide bonds. The minimum atomic E-state index is 0.241. The highest BCUT2D eigenvalue weighted by Gasteiger charge is 2.15. The van der Waals surface area contributed by atoms with Crippen molar-refractivity contribution in [2.45, 2.75) is 25.8 Å². The number of hydrogen-bond acceptors (Lipinski definition) is 5. The number of thiophene rings is 1. The van der Waals surface area contributed by atoms with Crippen molar-refractivity contribution in [3.8, 4) is 0 Å². The van der Waals surface area contributed by atoms with Crippen LogP contribution in [0.3, 0.4) is 0 Å². The molecule has 0 fully saturated rings. The summed E-state index contributed by atoms with van der Waals surface area (Å²) in [6.45, 7) is 2.18. The number of rotatable bonds is 5. The number of hydrogen-bond donors (Lipinski definition) is 2. The van der Waals surface area contributed by atoms with Crippen LogP contribution in [0.2, 0.25) is 0 Å². The molecule has 1 aromatic carbocycles. The van der Waals surface area contributed by atoms with Gasteiger partial charge in [0.15, 0.2) is 5.58 Å².